The van der Waals surface area contributed by atoms with E-state index in [2.05, 4.69) is 21.9 Å². The van der Waals surface area contributed by atoms with Crippen molar-refractivity contribution in [1.82, 2.24) is 9.97 Å². The van der Waals surface area contributed by atoms with Gasteiger partial charge in [0, 0.05) is 5.56 Å². The largest absolute Gasteiger partial charge is 0.508 e. The Morgan fingerprint density at radius 2 is 1.86 bits per heavy atom. The molecule has 1 aliphatic rings. The topological polar surface area (TPSA) is 53.7 Å². The zero-order valence-electron chi connectivity index (χ0n) is 15.3. The van der Waals surface area contributed by atoms with Crippen molar-refractivity contribution in [2.45, 2.75) is 6.18 Å². The number of nitrogens with zero attached hydrogens (tertiary/aromatic N) is 3. The highest BCUT2D eigenvalue weighted by atomic mass is 19.4. The molecule has 5 nitrogen and oxygen atoms in total. The van der Waals surface area contributed by atoms with Gasteiger partial charge in [-0.05, 0) is 29.8 Å². The molecule has 28 heavy (non-hydrogen) atoms. The van der Waals surface area contributed by atoms with E-state index < -0.39 is 11.7 Å². The van der Waals surface area contributed by atoms with Gasteiger partial charge in [0.05, 0.1) is 56.0 Å². The molecule has 0 unspecified atom stereocenters. The van der Waals surface area contributed by atoms with Gasteiger partial charge >= 0.3 is 6.18 Å². The number of rotatable bonds is 2. The lowest BCUT2D eigenvalue weighted by Gasteiger charge is -2.30. The molecule has 0 aliphatic carbocycles. The van der Waals surface area contributed by atoms with Gasteiger partial charge in [-0.15, -0.1) is 0 Å². The highest BCUT2D eigenvalue weighted by Crippen LogP contribution is 2.37. The Kier molecular flexibility index (Phi) is 4.58. The van der Waals surface area contributed by atoms with Gasteiger partial charge in [-0.2, -0.15) is 13.2 Å². The molecule has 4 rings (SSSR count). The summed E-state index contributed by atoms with van der Waals surface area (Å²) in [5, 5.41) is 9.79. The van der Waals surface area contributed by atoms with Crippen molar-refractivity contribution in [3.8, 4) is 16.9 Å². The van der Waals surface area contributed by atoms with E-state index in [1.165, 1.54) is 23.2 Å². The first-order chi connectivity index (χ1) is 13.3. The van der Waals surface area contributed by atoms with Crippen LogP contribution in [0.4, 0.5) is 19.0 Å². The molecule has 0 spiro atoms. The number of phenols is 1. The minimum atomic E-state index is -4.50. The number of benzene rings is 2. The Morgan fingerprint density at radius 3 is 2.54 bits per heavy atom. The smallest absolute Gasteiger partial charge is 0.416 e. The van der Waals surface area contributed by atoms with E-state index in [1.807, 2.05) is 0 Å². The molecule has 0 saturated carbocycles. The first-order valence-corrected chi connectivity index (χ1v) is 9.05. The van der Waals surface area contributed by atoms with Crippen LogP contribution in [-0.2, 0) is 6.18 Å². The molecular formula is C20H20F3N4O+. The van der Waals surface area contributed by atoms with Gasteiger partial charge in [-0.3, -0.25) is 4.98 Å². The van der Waals surface area contributed by atoms with Gasteiger partial charge in [0.15, 0.2) is 0 Å². The summed E-state index contributed by atoms with van der Waals surface area (Å²) < 4.78 is 40.2. The number of nitrogens with one attached hydrogen (secondary N) is 1. The molecular weight excluding hydrogens is 369 g/mol. The van der Waals surface area contributed by atoms with Crippen molar-refractivity contribution in [2.75, 3.05) is 38.1 Å². The lowest BCUT2D eigenvalue weighted by molar-refractivity contribution is -0.880. The summed E-state index contributed by atoms with van der Waals surface area (Å²) in [6, 6.07) is 8.25. The fraction of sp³-hybridized carbons (Fsp3) is 0.300. The molecule has 1 aliphatic heterocycles. The predicted octanol–water partition coefficient (Wildman–Crippen LogP) is 2.36. The Balaban J connectivity index is 1.88. The van der Waals surface area contributed by atoms with Crippen LogP contribution in [0.5, 0.6) is 5.75 Å². The Labute approximate surface area is 160 Å². The van der Waals surface area contributed by atoms with Crippen molar-refractivity contribution in [1.29, 1.82) is 0 Å². The number of hydrogen-bond donors (Lipinski definition) is 2. The summed E-state index contributed by atoms with van der Waals surface area (Å²) in [5.74, 6) is 0.635. The van der Waals surface area contributed by atoms with Gasteiger partial charge in [-0.1, -0.05) is 12.1 Å². The first-order valence-electron chi connectivity index (χ1n) is 9.05. The molecule has 0 bridgehead atoms. The fourth-order valence-corrected chi connectivity index (χ4v) is 3.43. The summed E-state index contributed by atoms with van der Waals surface area (Å²) in [4.78, 5) is 12.5. The van der Waals surface area contributed by atoms with Gasteiger partial charge in [0.25, 0.3) is 0 Å². The monoisotopic (exact) mass is 389 g/mol. The molecule has 1 saturated heterocycles. The number of phenolic OH excluding ortho intramolecular Hbond substituents is 1. The molecule has 1 aromatic heterocycles. The van der Waals surface area contributed by atoms with Crippen LogP contribution in [-0.4, -0.2) is 48.3 Å². The number of hydrogen-bond acceptors (Lipinski definition) is 4. The third kappa shape index (κ3) is 3.60. The van der Waals surface area contributed by atoms with Crippen LogP contribution in [0.1, 0.15) is 5.56 Å². The summed E-state index contributed by atoms with van der Waals surface area (Å²) in [5.41, 5.74) is 0.544. The predicted molar refractivity (Wildman–Crippen MR) is 100 cm³/mol. The molecule has 3 aromatic rings. The van der Waals surface area contributed by atoms with Gasteiger partial charge in [-0.25, -0.2) is 4.98 Å². The maximum atomic E-state index is 13.4. The molecule has 1 fully saturated rings. The first kappa shape index (κ1) is 18.5. The molecule has 146 valence electrons. The van der Waals surface area contributed by atoms with Crippen LogP contribution in [0.25, 0.3) is 22.2 Å². The number of fused-ring (bicyclic) bond motifs is 1. The second-order valence-electron chi connectivity index (χ2n) is 7.11. The van der Waals surface area contributed by atoms with Crippen LogP contribution < -0.4 is 9.80 Å². The van der Waals surface area contributed by atoms with Crippen molar-refractivity contribution >= 4 is 16.9 Å². The van der Waals surface area contributed by atoms with E-state index in [0.717, 1.165) is 38.3 Å². The molecule has 0 radical (unpaired) electrons. The highest BCUT2D eigenvalue weighted by molar-refractivity contribution is 5.93. The summed E-state index contributed by atoms with van der Waals surface area (Å²) in [7, 11) is 2.13. The van der Waals surface area contributed by atoms with E-state index >= 15 is 0 Å². The van der Waals surface area contributed by atoms with E-state index in [4.69, 9.17) is 0 Å². The molecule has 0 amide bonds. The number of aromatic nitrogens is 2. The zero-order chi connectivity index (χ0) is 19.9. The van der Waals surface area contributed by atoms with E-state index in [0.29, 0.717) is 22.5 Å². The van der Waals surface area contributed by atoms with E-state index in [9.17, 15) is 18.3 Å². The minimum absolute atomic E-state index is 0.0192. The maximum absolute atomic E-state index is 13.4. The number of aromatic hydroxyl groups is 1. The molecule has 8 heteroatoms. The Hall–Kier alpha value is -2.87. The number of quaternary nitrogens is 1. The zero-order valence-corrected chi connectivity index (χ0v) is 15.3. The van der Waals surface area contributed by atoms with Gasteiger partial charge in [0.2, 0.25) is 0 Å². The third-order valence-corrected chi connectivity index (χ3v) is 5.06. The number of halogens is 3. The van der Waals surface area contributed by atoms with E-state index in [-0.39, 0.29) is 11.3 Å². The van der Waals surface area contributed by atoms with Crippen LogP contribution in [0.3, 0.4) is 0 Å². The Morgan fingerprint density at radius 1 is 1.11 bits per heavy atom. The van der Waals surface area contributed by atoms with Crippen molar-refractivity contribution in [2.24, 2.45) is 0 Å². The fourth-order valence-electron chi connectivity index (χ4n) is 3.43. The SMILES string of the molecule is C[NH+]1CCN(c2cnc3cc(C(F)(F)F)cc(-c4cccc(O)c4)c3n2)CC1. The molecule has 0 atom stereocenters. The van der Waals surface area contributed by atoms with Crippen LogP contribution in [0, 0.1) is 0 Å². The standard InChI is InChI=1S/C20H19F3N4O/c1-26-5-7-27(8-6-26)18-12-24-17-11-14(20(21,22)23)10-16(19(17)25-18)13-3-2-4-15(28)9-13/h2-4,9-12,28H,5-8H2,1H3/p+1. The second-order valence-corrected chi connectivity index (χ2v) is 7.11. The summed E-state index contributed by atoms with van der Waals surface area (Å²) >= 11 is 0. The van der Waals surface area contributed by atoms with Crippen molar-refractivity contribution in [3.63, 3.8) is 0 Å². The maximum Gasteiger partial charge on any atom is 0.416 e. The molecule has 2 N–H and O–H groups in total. The number of likely N-dealkylation sites (N-methyl/N-ethyl adjacent to an activating group) is 1. The van der Waals surface area contributed by atoms with E-state index in [1.54, 1.807) is 12.1 Å². The Bertz CT molecular complexity index is 1010. The minimum Gasteiger partial charge on any atom is -0.508 e. The van der Waals surface area contributed by atoms with Crippen LogP contribution in [0.15, 0.2) is 42.6 Å². The van der Waals surface area contributed by atoms with Crippen molar-refractivity contribution < 1.29 is 23.2 Å². The number of anilines is 1. The average molecular weight is 389 g/mol. The lowest BCUT2D eigenvalue weighted by atomic mass is 10.00. The quantitative estimate of drug-likeness (QED) is 0.707. The third-order valence-electron chi connectivity index (χ3n) is 5.06. The van der Waals surface area contributed by atoms with Gasteiger partial charge < -0.3 is 14.9 Å². The van der Waals surface area contributed by atoms with Crippen LogP contribution in [0.2, 0.25) is 0 Å². The molecule has 2 aromatic carbocycles. The normalized spacial score (nSPS) is 15.9. The van der Waals surface area contributed by atoms with Crippen LogP contribution >= 0.6 is 0 Å². The summed E-state index contributed by atoms with van der Waals surface area (Å²) in [6.07, 6.45) is -2.96. The molecule has 2 heterocycles. The van der Waals surface area contributed by atoms with Crippen molar-refractivity contribution in [3.05, 3.63) is 48.2 Å². The summed E-state index contributed by atoms with van der Waals surface area (Å²) in [6.45, 7) is 3.56. The highest BCUT2D eigenvalue weighted by Gasteiger charge is 2.32. The number of piperazine rings is 1. The number of alkyl halides is 3. The average Bonchev–Trinajstić information content (AvgIpc) is 2.66. The van der Waals surface area contributed by atoms with Gasteiger partial charge in [0.1, 0.15) is 11.6 Å². The second kappa shape index (κ2) is 6.94. The lowest BCUT2D eigenvalue weighted by Crippen LogP contribution is -3.12.